The molecule has 0 radical (unpaired) electrons. The molecule has 5 heteroatoms. The number of nitrogens with zero attached hydrogens (tertiary/aromatic N) is 1. The van der Waals surface area contributed by atoms with Crippen LogP contribution in [0.3, 0.4) is 0 Å². The summed E-state index contributed by atoms with van der Waals surface area (Å²) in [5, 5.41) is 3.47. The second-order valence-electron chi connectivity index (χ2n) is 7.33. The average molecular weight is 403 g/mol. The lowest BCUT2D eigenvalue weighted by molar-refractivity contribution is -0.175. The second kappa shape index (κ2) is 10.5. The van der Waals surface area contributed by atoms with E-state index in [4.69, 9.17) is 4.74 Å². The number of halogens is 1. The molecule has 28 heavy (non-hydrogen) atoms. The minimum Gasteiger partial charge on any atom is -0.454 e. The van der Waals surface area contributed by atoms with Crippen LogP contribution in [0.1, 0.15) is 32.3 Å². The molecule has 1 N–H and O–H groups in total. The summed E-state index contributed by atoms with van der Waals surface area (Å²) in [6.45, 7) is 7.79. The van der Waals surface area contributed by atoms with Crippen LogP contribution in [0.15, 0.2) is 60.7 Å². The highest BCUT2D eigenvalue weighted by Crippen LogP contribution is 2.41. The van der Waals surface area contributed by atoms with Gasteiger partial charge in [0.2, 0.25) is 0 Å². The highest BCUT2D eigenvalue weighted by Gasteiger charge is 2.45. The maximum Gasteiger partial charge on any atom is 0.306 e. The number of nitrogens with one attached hydrogen (secondary N) is 1. The lowest BCUT2D eigenvalue weighted by atomic mass is 9.76. The van der Waals surface area contributed by atoms with Crippen LogP contribution in [0.25, 0.3) is 0 Å². The van der Waals surface area contributed by atoms with Crippen molar-refractivity contribution in [2.75, 3.05) is 31.5 Å². The smallest absolute Gasteiger partial charge is 0.306 e. The van der Waals surface area contributed by atoms with Crippen molar-refractivity contribution in [3.63, 3.8) is 0 Å². The van der Waals surface area contributed by atoms with Gasteiger partial charge in [0.1, 0.15) is 5.60 Å². The van der Waals surface area contributed by atoms with E-state index in [1.165, 1.54) is 0 Å². The van der Waals surface area contributed by atoms with Crippen molar-refractivity contribution in [2.45, 2.75) is 32.3 Å². The summed E-state index contributed by atoms with van der Waals surface area (Å²) in [5.41, 5.74) is 1.75. The molecule has 152 valence electrons. The Hall–Kier alpha value is -2.04. The Morgan fingerprint density at radius 3 is 2.39 bits per heavy atom. The average Bonchev–Trinajstić information content (AvgIpc) is 2.71. The van der Waals surface area contributed by atoms with Gasteiger partial charge in [0.25, 0.3) is 0 Å². The van der Waals surface area contributed by atoms with E-state index >= 15 is 0 Å². The van der Waals surface area contributed by atoms with E-state index < -0.39 is 5.60 Å². The molecule has 1 heterocycles. The molecule has 0 spiro atoms. The van der Waals surface area contributed by atoms with Crippen LogP contribution in [0.4, 0.5) is 5.69 Å². The first kappa shape index (κ1) is 22.3. The number of hydrogen-bond donors (Lipinski definition) is 1. The fourth-order valence-corrected chi connectivity index (χ4v) is 3.95. The van der Waals surface area contributed by atoms with E-state index in [1.54, 1.807) is 0 Å². The molecule has 0 amide bonds. The van der Waals surface area contributed by atoms with Gasteiger partial charge in [-0.05, 0) is 17.7 Å². The Morgan fingerprint density at radius 1 is 1.14 bits per heavy atom. The van der Waals surface area contributed by atoms with Crippen LogP contribution in [0, 0.1) is 5.92 Å². The number of esters is 1. The summed E-state index contributed by atoms with van der Waals surface area (Å²) in [7, 11) is 0. The number of piperidine rings is 1. The van der Waals surface area contributed by atoms with Crippen LogP contribution in [-0.4, -0.2) is 37.0 Å². The third kappa shape index (κ3) is 5.27. The van der Waals surface area contributed by atoms with Crippen molar-refractivity contribution in [1.29, 1.82) is 0 Å². The van der Waals surface area contributed by atoms with E-state index in [0.29, 0.717) is 6.42 Å². The van der Waals surface area contributed by atoms with Crippen molar-refractivity contribution in [3.05, 3.63) is 66.2 Å². The number of carbonyl (C=O) groups excluding carboxylic acids is 1. The maximum atomic E-state index is 12.2. The summed E-state index contributed by atoms with van der Waals surface area (Å²) in [6.07, 6.45) is 1.24. The summed E-state index contributed by atoms with van der Waals surface area (Å²) in [5.74, 6) is 0.116. The molecule has 0 bridgehead atoms. The second-order valence-corrected chi connectivity index (χ2v) is 7.33. The van der Waals surface area contributed by atoms with E-state index in [-0.39, 0.29) is 24.3 Å². The van der Waals surface area contributed by atoms with Crippen LogP contribution in [0.5, 0.6) is 0 Å². The summed E-state index contributed by atoms with van der Waals surface area (Å²) in [4.78, 5) is 14.6. The van der Waals surface area contributed by atoms with E-state index in [0.717, 1.165) is 43.9 Å². The van der Waals surface area contributed by atoms with Crippen LogP contribution in [0.2, 0.25) is 0 Å². The molecule has 2 unspecified atom stereocenters. The molecule has 0 saturated carbocycles. The third-order valence-electron chi connectivity index (χ3n) is 5.51. The van der Waals surface area contributed by atoms with Gasteiger partial charge in [-0.15, -0.1) is 12.4 Å². The number of ether oxygens (including phenoxy) is 1. The Morgan fingerprint density at radius 2 is 1.79 bits per heavy atom. The molecular formula is C23H31ClN2O2. The quantitative estimate of drug-likeness (QED) is 0.681. The maximum absolute atomic E-state index is 12.2. The number of rotatable bonds is 7. The molecule has 1 aliphatic heterocycles. The topological polar surface area (TPSA) is 41.6 Å². The Bertz CT molecular complexity index is 726. The van der Waals surface area contributed by atoms with Crippen molar-refractivity contribution in [3.8, 4) is 0 Å². The summed E-state index contributed by atoms with van der Waals surface area (Å²) >= 11 is 0. The van der Waals surface area contributed by atoms with Crippen LogP contribution in [-0.2, 0) is 15.1 Å². The first-order valence-corrected chi connectivity index (χ1v) is 9.92. The van der Waals surface area contributed by atoms with Gasteiger partial charge in [-0.2, -0.15) is 0 Å². The summed E-state index contributed by atoms with van der Waals surface area (Å²) in [6, 6.07) is 20.5. The standard InChI is InChI=1S/C23H30N2O2.ClH/c1-3-22(26)27-23(20-10-6-4-7-11-20)14-16-25(18-19(23)2)17-15-24-21-12-8-5-9-13-21;/h4-13,19,24H,3,14-18H2,1-2H3;1H. The van der Waals surface area contributed by atoms with Gasteiger partial charge < -0.3 is 15.0 Å². The number of benzene rings is 2. The van der Waals surface area contributed by atoms with Crippen LogP contribution < -0.4 is 5.32 Å². The predicted molar refractivity (Wildman–Crippen MR) is 117 cm³/mol. The van der Waals surface area contributed by atoms with Gasteiger partial charge in [-0.25, -0.2) is 0 Å². The zero-order valence-corrected chi connectivity index (χ0v) is 17.6. The normalized spacial score (nSPS) is 22.1. The lowest BCUT2D eigenvalue weighted by Gasteiger charge is -2.46. The van der Waals surface area contributed by atoms with Gasteiger partial charge in [0, 0.05) is 50.6 Å². The summed E-state index contributed by atoms with van der Waals surface area (Å²) < 4.78 is 6.07. The van der Waals surface area contributed by atoms with Crippen molar-refractivity contribution in [1.82, 2.24) is 4.90 Å². The fraction of sp³-hybridized carbons (Fsp3) is 0.435. The van der Waals surface area contributed by atoms with Crippen molar-refractivity contribution < 1.29 is 9.53 Å². The molecule has 1 saturated heterocycles. The van der Waals surface area contributed by atoms with Gasteiger partial charge >= 0.3 is 5.97 Å². The Labute approximate surface area is 174 Å². The van der Waals surface area contributed by atoms with E-state index in [9.17, 15) is 4.79 Å². The number of likely N-dealkylation sites (tertiary alicyclic amines) is 1. The number of anilines is 1. The van der Waals surface area contributed by atoms with E-state index in [1.807, 2.05) is 43.3 Å². The Balaban J connectivity index is 0.00000280. The number of hydrogen-bond acceptors (Lipinski definition) is 4. The van der Waals surface area contributed by atoms with Gasteiger partial charge in [-0.3, -0.25) is 4.79 Å². The zero-order chi connectivity index (χ0) is 19.1. The van der Waals surface area contributed by atoms with Crippen molar-refractivity contribution >= 4 is 24.1 Å². The molecule has 1 fully saturated rings. The lowest BCUT2D eigenvalue weighted by Crippen LogP contribution is -2.52. The predicted octanol–water partition coefficient (Wildman–Crippen LogP) is 4.71. The van der Waals surface area contributed by atoms with Crippen LogP contribution >= 0.6 is 12.4 Å². The molecule has 0 aromatic heterocycles. The highest BCUT2D eigenvalue weighted by molar-refractivity contribution is 5.85. The first-order valence-electron chi connectivity index (χ1n) is 9.92. The van der Waals surface area contributed by atoms with E-state index in [2.05, 4.69) is 41.4 Å². The van der Waals surface area contributed by atoms with Gasteiger partial charge in [-0.1, -0.05) is 62.4 Å². The van der Waals surface area contributed by atoms with Crippen molar-refractivity contribution in [2.24, 2.45) is 5.92 Å². The van der Waals surface area contributed by atoms with Gasteiger partial charge in [0.05, 0.1) is 0 Å². The molecule has 0 aliphatic carbocycles. The number of para-hydroxylation sites is 1. The zero-order valence-electron chi connectivity index (χ0n) is 16.8. The fourth-order valence-electron chi connectivity index (χ4n) is 3.95. The number of carbonyl (C=O) groups is 1. The minimum absolute atomic E-state index is 0. The monoisotopic (exact) mass is 402 g/mol. The van der Waals surface area contributed by atoms with Gasteiger partial charge in [0.15, 0.2) is 0 Å². The Kier molecular flexibility index (Phi) is 8.34. The highest BCUT2D eigenvalue weighted by atomic mass is 35.5. The molecule has 2 aromatic rings. The molecule has 1 aliphatic rings. The first-order chi connectivity index (χ1) is 13.1. The minimum atomic E-state index is -0.516. The largest absolute Gasteiger partial charge is 0.454 e. The third-order valence-corrected chi connectivity index (χ3v) is 5.51. The molecular weight excluding hydrogens is 372 g/mol. The molecule has 2 atom stereocenters. The SMILES string of the molecule is CCC(=O)OC1(c2ccccc2)CCN(CCNc2ccccc2)CC1C.Cl. The molecule has 4 nitrogen and oxygen atoms in total. The molecule has 3 rings (SSSR count). The molecule has 2 aromatic carbocycles.